The molecule has 0 aliphatic heterocycles. The van der Waals surface area contributed by atoms with E-state index in [-0.39, 0.29) is 24.4 Å². The summed E-state index contributed by atoms with van der Waals surface area (Å²) in [6, 6.07) is 7.03. The van der Waals surface area contributed by atoms with Crippen molar-refractivity contribution in [2.75, 3.05) is 0 Å². The van der Waals surface area contributed by atoms with Crippen molar-refractivity contribution < 1.29 is 4.79 Å². The normalized spacial score (nSPS) is 11.3. The zero-order chi connectivity index (χ0) is 16.8. The van der Waals surface area contributed by atoms with Crippen molar-refractivity contribution >= 4 is 23.2 Å². The third kappa shape index (κ3) is 4.89. The van der Waals surface area contributed by atoms with Gasteiger partial charge in [0.25, 0.3) is 5.56 Å². The van der Waals surface area contributed by atoms with E-state index in [0.29, 0.717) is 10.7 Å². The van der Waals surface area contributed by atoms with E-state index in [1.165, 1.54) is 0 Å². The Hall–Kier alpha value is -2.74. The van der Waals surface area contributed by atoms with E-state index < -0.39 is 11.2 Å². The fraction of sp³-hybridized carbons (Fsp3) is 0.214. The molecule has 120 valence electrons. The highest BCUT2D eigenvalue weighted by atomic mass is 35.5. The van der Waals surface area contributed by atoms with Gasteiger partial charge in [0.2, 0.25) is 5.91 Å². The van der Waals surface area contributed by atoms with E-state index in [9.17, 15) is 14.4 Å². The molecular formula is C14H14ClN5O3. The van der Waals surface area contributed by atoms with Gasteiger partial charge in [0.05, 0.1) is 5.71 Å². The van der Waals surface area contributed by atoms with Crippen molar-refractivity contribution in [3.8, 4) is 0 Å². The lowest BCUT2D eigenvalue weighted by molar-refractivity contribution is -0.121. The monoisotopic (exact) mass is 335 g/mol. The number of rotatable bonds is 5. The summed E-state index contributed by atoms with van der Waals surface area (Å²) in [5, 5.41) is 10.3. The van der Waals surface area contributed by atoms with E-state index in [0.717, 1.165) is 5.56 Å². The summed E-state index contributed by atoms with van der Waals surface area (Å²) in [5.41, 5.74) is 2.63. The molecule has 1 amide bonds. The molecule has 0 fully saturated rings. The van der Waals surface area contributed by atoms with Crippen LogP contribution in [0, 0.1) is 0 Å². The predicted octanol–water partition coefficient (Wildman–Crippen LogP) is 0.585. The minimum Gasteiger partial charge on any atom is -0.273 e. The number of aromatic amines is 2. The maximum atomic E-state index is 11.7. The summed E-state index contributed by atoms with van der Waals surface area (Å²) in [6.07, 6.45) is 0.104. The van der Waals surface area contributed by atoms with Crippen molar-refractivity contribution in [3.05, 3.63) is 61.4 Å². The molecule has 0 aliphatic rings. The second-order valence-electron chi connectivity index (χ2n) is 4.69. The number of hydrazone groups is 1. The molecule has 1 heterocycles. The Morgan fingerprint density at radius 1 is 1.30 bits per heavy atom. The third-order valence-electron chi connectivity index (χ3n) is 2.98. The summed E-state index contributed by atoms with van der Waals surface area (Å²) >= 11 is 5.80. The Morgan fingerprint density at radius 2 is 2.00 bits per heavy atom. The van der Waals surface area contributed by atoms with Gasteiger partial charge in [0.1, 0.15) is 5.69 Å². The van der Waals surface area contributed by atoms with Gasteiger partial charge in [-0.25, -0.2) is 15.3 Å². The molecule has 8 nitrogen and oxygen atoms in total. The number of hydrogen-bond donors (Lipinski definition) is 3. The molecular weight excluding hydrogens is 322 g/mol. The van der Waals surface area contributed by atoms with Crippen molar-refractivity contribution in [2.45, 2.75) is 19.8 Å². The van der Waals surface area contributed by atoms with Gasteiger partial charge in [0.15, 0.2) is 0 Å². The summed E-state index contributed by atoms with van der Waals surface area (Å²) in [7, 11) is 0. The van der Waals surface area contributed by atoms with E-state index in [1.807, 2.05) is 4.98 Å². The number of carbonyl (C=O) groups is 1. The summed E-state index contributed by atoms with van der Waals surface area (Å²) in [4.78, 5) is 36.0. The number of H-pyrrole nitrogens is 2. The fourth-order valence-corrected chi connectivity index (χ4v) is 1.86. The Bertz CT molecular complexity index is 838. The van der Waals surface area contributed by atoms with Gasteiger partial charge in [-0.1, -0.05) is 23.7 Å². The Morgan fingerprint density at radius 3 is 2.65 bits per heavy atom. The first-order valence-electron chi connectivity index (χ1n) is 6.72. The average molecular weight is 336 g/mol. The summed E-state index contributed by atoms with van der Waals surface area (Å²) in [6.45, 7) is 1.75. The van der Waals surface area contributed by atoms with Gasteiger partial charge in [-0.15, -0.1) is 0 Å². The van der Waals surface area contributed by atoms with Gasteiger partial charge in [0, 0.05) is 17.9 Å². The fourth-order valence-electron chi connectivity index (χ4n) is 1.73. The molecule has 0 aliphatic carbocycles. The minimum absolute atomic E-state index is 0.0134. The number of halogens is 1. The summed E-state index contributed by atoms with van der Waals surface area (Å²) < 4.78 is 0. The lowest BCUT2D eigenvalue weighted by atomic mass is 10.1. The topological polar surface area (TPSA) is 120 Å². The molecule has 0 bridgehead atoms. The van der Waals surface area contributed by atoms with Crippen LogP contribution < -0.4 is 16.7 Å². The molecule has 1 aromatic heterocycles. The van der Waals surface area contributed by atoms with Crippen molar-refractivity contribution in [1.29, 1.82) is 0 Å². The molecule has 2 rings (SSSR count). The molecule has 0 saturated heterocycles. The van der Waals surface area contributed by atoms with Crippen molar-refractivity contribution in [1.82, 2.24) is 20.6 Å². The lowest BCUT2D eigenvalue weighted by Crippen LogP contribution is -2.28. The van der Waals surface area contributed by atoms with Crippen molar-refractivity contribution in [2.24, 2.45) is 5.10 Å². The third-order valence-corrected chi connectivity index (χ3v) is 3.23. The number of nitrogens with one attached hydrogen (secondary N) is 3. The zero-order valence-corrected chi connectivity index (χ0v) is 13.0. The first kappa shape index (κ1) is 16.6. The highest BCUT2D eigenvalue weighted by Gasteiger charge is 2.07. The predicted molar refractivity (Wildman–Crippen MR) is 85.6 cm³/mol. The van der Waals surface area contributed by atoms with Crippen LogP contribution in [0.25, 0.3) is 0 Å². The molecule has 1 aromatic carbocycles. The average Bonchev–Trinajstić information content (AvgIpc) is 2.52. The van der Waals surface area contributed by atoms with Crippen molar-refractivity contribution in [3.63, 3.8) is 0 Å². The number of carbonyl (C=O) groups excluding carboxylic acids is 1. The Kier molecular flexibility index (Phi) is 5.42. The number of aryl methyl sites for hydroxylation is 1. The number of aromatic nitrogens is 3. The van der Waals surface area contributed by atoms with Crippen LogP contribution in [0.3, 0.4) is 0 Å². The van der Waals surface area contributed by atoms with Crippen LogP contribution in [0.1, 0.15) is 24.6 Å². The van der Waals surface area contributed by atoms with E-state index in [2.05, 4.69) is 20.7 Å². The molecule has 0 radical (unpaired) electrons. The minimum atomic E-state index is -0.689. The first-order valence-corrected chi connectivity index (χ1v) is 7.10. The SMILES string of the molecule is CC(=NNC(=O)CCc1n[nH]c(=O)[nH]c1=O)c1ccc(Cl)cc1. The van der Waals surface area contributed by atoms with Crippen LogP contribution >= 0.6 is 11.6 Å². The molecule has 0 unspecified atom stereocenters. The molecule has 23 heavy (non-hydrogen) atoms. The molecule has 2 aromatic rings. The number of benzene rings is 1. The van der Waals surface area contributed by atoms with E-state index in [4.69, 9.17) is 11.6 Å². The molecule has 9 heteroatoms. The summed E-state index contributed by atoms with van der Waals surface area (Å²) in [5.74, 6) is -0.370. The Balaban J connectivity index is 1.91. The molecule has 0 atom stereocenters. The molecule has 3 N–H and O–H groups in total. The van der Waals surface area contributed by atoms with Crippen LogP contribution in [0.2, 0.25) is 5.02 Å². The van der Waals surface area contributed by atoms with E-state index in [1.54, 1.807) is 31.2 Å². The smallest absolute Gasteiger partial charge is 0.273 e. The Labute approximate surface area is 135 Å². The highest BCUT2D eigenvalue weighted by molar-refractivity contribution is 6.30. The van der Waals surface area contributed by atoms with Crippen LogP contribution in [0.15, 0.2) is 39.0 Å². The van der Waals surface area contributed by atoms with Gasteiger partial charge < -0.3 is 0 Å². The van der Waals surface area contributed by atoms with Gasteiger partial charge >= 0.3 is 5.69 Å². The number of nitrogens with zero attached hydrogens (tertiary/aromatic N) is 2. The number of hydrogen-bond acceptors (Lipinski definition) is 5. The lowest BCUT2D eigenvalue weighted by Gasteiger charge is -2.03. The maximum absolute atomic E-state index is 11.7. The quantitative estimate of drug-likeness (QED) is 0.547. The molecule has 0 spiro atoms. The van der Waals surface area contributed by atoms with Crippen LogP contribution in [0.5, 0.6) is 0 Å². The van der Waals surface area contributed by atoms with Crippen LogP contribution in [0.4, 0.5) is 0 Å². The van der Waals surface area contributed by atoms with Crippen LogP contribution in [-0.2, 0) is 11.2 Å². The largest absolute Gasteiger partial charge is 0.342 e. The number of amides is 1. The maximum Gasteiger partial charge on any atom is 0.342 e. The standard InChI is InChI=1S/C14H14ClN5O3/c1-8(9-2-4-10(15)5-3-9)17-19-12(21)7-6-11-13(22)16-14(23)20-18-11/h2-5H,6-7H2,1H3,(H,19,21)(H2,16,20,22,23). The van der Waals surface area contributed by atoms with Crippen LogP contribution in [-0.4, -0.2) is 26.8 Å². The van der Waals surface area contributed by atoms with Gasteiger partial charge in [-0.05, 0) is 24.6 Å². The second-order valence-corrected chi connectivity index (χ2v) is 5.13. The van der Waals surface area contributed by atoms with Gasteiger partial charge in [-0.2, -0.15) is 10.2 Å². The zero-order valence-electron chi connectivity index (χ0n) is 12.2. The highest BCUT2D eigenvalue weighted by Crippen LogP contribution is 2.10. The second kappa shape index (κ2) is 7.50. The molecule has 0 saturated carbocycles. The van der Waals surface area contributed by atoms with Gasteiger partial charge in [-0.3, -0.25) is 14.6 Å². The van der Waals surface area contributed by atoms with E-state index >= 15 is 0 Å². The first-order chi connectivity index (χ1) is 11.0.